The van der Waals surface area contributed by atoms with Crippen LogP contribution in [0.15, 0.2) is 42.5 Å². The maximum Gasteiger partial charge on any atom is 0.127 e. The fraction of sp³-hybridized carbons (Fsp3) is 0.538. The molecule has 0 atom stereocenters. The van der Waals surface area contributed by atoms with E-state index < -0.39 is 0 Å². The summed E-state index contributed by atoms with van der Waals surface area (Å²) in [5.74, 6) is 3.12. The minimum atomic E-state index is 0.635. The zero-order valence-electron chi connectivity index (χ0n) is 19.0. The van der Waals surface area contributed by atoms with Gasteiger partial charge in [0, 0.05) is 18.2 Å². The fourth-order valence-electron chi connectivity index (χ4n) is 3.06. The molecular weight excluding hydrogens is 358 g/mol. The van der Waals surface area contributed by atoms with E-state index in [4.69, 9.17) is 9.47 Å². The third-order valence-corrected chi connectivity index (χ3v) is 5.10. The lowest BCUT2D eigenvalue weighted by atomic mass is 10.1. The van der Waals surface area contributed by atoms with Crippen LogP contribution >= 0.6 is 0 Å². The standard InChI is InChI=1S/C26H39NO2/c1-20(2)13-16-28-25-11-10-24(26(18-25)29-17-14-21(3)4)19-27-15-12-23-9-7-6-8-22(23)5/h6-11,18,20-21,27H,12-17,19H2,1-5H3. The van der Waals surface area contributed by atoms with E-state index in [0.717, 1.165) is 57.1 Å². The lowest BCUT2D eigenvalue weighted by molar-refractivity contribution is 0.274. The van der Waals surface area contributed by atoms with Crippen LogP contribution in [0.3, 0.4) is 0 Å². The fourth-order valence-corrected chi connectivity index (χ4v) is 3.06. The smallest absolute Gasteiger partial charge is 0.127 e. The topological polar surface area (TPSA) is 30.5 Å². The molecule has 0 aromatic heterocycles. The molecule has 0 aliphatic heterocycles. The molecule has 0 saturated heterocycles. The number of ether oxygens (including phenoxy) is 2. The first kappa shape index (κ1) is 23.3. The van der Waals surface area contributed by atoms with Crippen molar-refractivity contribution >= 4 is 0 Å². The average Bonchev–Trinajstić information content (AvgIpc) is 2.67. The second-order valence-electron chi connectivity index (χ2n) is 8.68. The Morgan fingerprint density at radius 3 is 2.21 bits per heavy atom. The predicted octanol–water partition coefficient (Wildman–Crippen LogP) is 6.18. The highest BCUT2D eigenvalue weighted by atomic mass is 16.5. The quantitative estimate of drug-likeness (QED) is 0.410. The number of nitrogens with one attached hydrogen (secondary N) is 1. The molecule has 0 aliphatic rings. The first-order valence-electron chi connectivity index (χ1n) is 11.1. The summed E-state index contributed by atoms with van der Waals surface area (Å²) < 4.78 is 12.1. The average molecular weight is 398 g/mol. The molecule has 0 spiro atoms. The highest BCUT2D eigenvalue weighted by Gasteiger charge is 2.08. The molecule has 0 aliphatic carbocycles. The molecule has 3 nitrogen and oxygen atoms in total. The number of hydrogen-bond donors (Lipinski definition) is 1. The van der Waals surface area contributed by atoms with E-state index in [1.165, 1.54) is 16.7 Å². The summed E-state index contributed by atoms with van der Waals surface area (Å²) in [5.41, 5.74) is 3.95. The molecule has 0 amide bonds. The SMILES string of the molecule is Cc1ccccc1CCNCc1ccc(OCCC(C)C)cc1OCCC(C)C. The van der Waals surface area contributed by atoms with Crippen LogP contribution in [0.1, 0.15) is 57.2 Å². The van der Waals surface area contributed by atoms with Crippen molar-refractivity contribution in [1.82, 2.24) is 5.32 Å². The van der Waals surface area contributed by atoms with Gasteiger partial charge in [0.25, 0.3) is 0 Å². The van der Waals surface area contributed by atoms with Crippen molar-refractivity contribution in [3.63, 3.8) is 0 Å². The molecule has 160 valence electrons. The number of rotatable bonds is 13. The van der Waals surface area contributed by atoms with Gasteiger partial charge in [-0.15, -0.1) is 0 Å². The number of aryl methyl sites for hydroxylation is 1. The van der Waals surface area contributed by atoms with Gasteiger partial charge < -0.3 is 14.8 Å². The van der Waals surface area contributed by atoms with Crippen molar-refractivity contribution < 1.29 is 9.47 Å². The van der Waals surface area contributed by atoms with Crippen LogP contribution in [0, 0.1) is 18.8 Å². The van der Waals surface area contributed by atoms with Crippen molar-refractivity contribution in [2.75, 3.05) is 19.8 Å². The Hall–Kier alpha value is -2.00. The van der Waals surface area contributed by atoms with Crippen molar-refractivity contribution in [1.29, 1.82) is 0 Å². The van der Waals surface area contributed by atoms with E-state index in [1.54, 1.807) is 0 Å². The largest absolute Gasteiger partial charge is 0.493 e. The van der Waals surface area contributed by atoms with Crippen molar-refractivity contribution in [2.24, 2.45) is 11.8 Å². The lowest BCUT2D eigenvalue weighted by Crippen LogP contribution is -2.18. The van der Waals surface area contributed by atoms with Crippen molar-refractivity contribution in [3.05, 3.63) is 59.2 Å². The molecule has 2 rings (SSSR count). The van der Waals surface area contributed by atoms with Gasteiger partial charge in [-0.3, -0.25) is 0 Å². The maximum absolute atomic E-state index is 6.13. The first-order valence-corrected chi connectivity index (χ1v) is 11.1. The first-order chi connectivity index (χ1) is 14.0. The van der Waals surface area contributed by atoms with Crippen molar-refractivity contribution in [3.8, 4) is 11.5 Å². The maximum atomic E-state index is 6.13. The highest BCUT2D eigenvalue weighted by molar-refractivity contribution is 5.40. The van der Waals surface area contributed by atoms with Crippen molar-refractivity contribution in [2.45, 2.75) is 60.4 Å². The van der Waals surface area contributed by atoms with E-state index in [2.05, 4.69) is 82.4 Å². The minimum absolute atomic E-state index is 0.635. The van der Waals surface area contributed by atoms with Crippen LogP contribution in [-0.4, -0.2) is 19.8 Å². The Morgan fingerprint density at radius 1 is 0.828 bits per heavy atom. The summed E-state index contributed by atoms with van der Waals surface area (Å²) in [6.07, 6.45) is 3.15. The third kappa shape index (κ3) is 8.91. The van der Waals surface area contributed by atoms with Crippen LogP contribution in [-0.2, 0) is 13.0 Å². The minimum Gasteiger partial charge on any atom is -0.493 e. The predicted molar refractivity (Wildman–Crippen MR) is 123 cm³/mol. The monoisotopic (exact) mass is 397 g/mol. The molecule has 1 N–H and O–H groups in total. The Kier molecular flexibility index (Phi) is 10.1. The van der Waals surface area contributed by atoms with Gasteiger partial charge in [-0.05, 0) is 61.8 Å². The van der Waals surface area contributed by atoms with Crippen LogP contribution in [0.25, 0.3) is 0 Å². The molecule has 0 bridgehead atoms. The molecule has 2 aromatic rings. The Balaban J connectivity index is 1.93. The van der Waals surface area contributed by atoms with Gasteiger partial charge in [-0.25, -0.2) is 0 Å². The molecule has 0 radical (unpaired) electrons. The molecule has 0 unspecified atom stereocenters. The number of hydrogen-bond acceptors (Lipinski definition) is 3. The van der Waals surface area contributed by atoms with E-state index >= 15 is 0 Å². The molecular formula is C26H39NO2. The second kappa shape index (κ2) is 12.5. The summed E-state index contributed by atoms with van der Waals surface area (Å²) in [6.45, 7) is 14.3. The summed E-state index contributed by atoms with van der Waals surface area (Å²) in [6, 6.07) is 14.8. The zero-order chi connectivity index (χ0) is 21.1. The molecule has 3 heteroatoms. The summed E-state index contributed by atoms with van der Waals surface area (Å²) in [4.78, 5) is 0. The Labute approximate surface area is 177 Å². The third-order valence-electron chi connectivity index (χ3n) is 5.10. The zero-order valence-corrected chi connectivity index (χ0v) is 19.0. The second-order valence-corrected chi connectivity index (χ2v) is 8.68. The highest BCUT2D eigenvalue weighted by Crippen LogP contribution is 2.26. The molecule has 0 saturated carbocycles. The molecule has 2 aromatic carbocycles. The van der Waals surface area contributed by atoms with Crippen LogP contribution in [0.5, 0.6) is 11.5 Å². The Morgan fingerprint density at radius 2 is 1.52 bits per heavy atom. The normalized spacial score (nSPS) is 11.3. The summed E-state index contributed by atoms with van der Waals surface area (Å²) >= 11 is 0. The van der Waals surface area contributed by atoms with Gasteiger partial charge in [0.05, 0.1) is 13.2 Å². The summed E-state index contributed by atoms with van der Waals surface area (Å²) in [5, 5.41) is 3.57. The lowest BCUT2D eigenvalue weighted by Gasteiger charge is -2.16. The van der Waals surface area contributed by atoms with E-state index in [1.807, 2.05) is 0 Å². The van der Waals surface area contributed by atoms with Gasteiger partial charge in [0.1, 0.15) is 11.5 Å². The molecule has 29 heavy (non-hydrogen) atoms. The molecule has 0 heterocycles. The number of benzene rings is 2. The van der Waals surface area contributed by atoms with Gasteiger partial charge in [-0.1, -0.05) is 58.0 Å². The van der Waals surface area contributed by atoms with Gasteiger partial charge in [0.2, 0.25) is 0 Å². The van der Waals surface area contributed by atoms with Crippen LogP contribution in [0.2, 0.25) is 0 Å². The van der Waals surface area contributed by atoms with Crippen LogP contribution in [0.4, 0.5) is 0 Å². The van der Waals surface area contributed by atoms with Gasteiger partial charge >= 0.3 is 0 Å². The van der Waals surface area contributed by atoms with Gasteiger partial charge in [0.15, 0.2) is 0 Å². The van der Waals surface area contributed by atoms with Gasteiger partial charge in [-0.2, -0.15) is 0 Å². The van der Waals surface area contributed by atoms with Crippen LogP contribution < -0.4 is 14.8 Å². The van der Waals surface area contributed by atoms with E-state index in [0.29, 0.717) is 11.8 Å². The van der Waals surface area contributed by atoms with E-state index in [-0.39, 0.29) is 0 Å². The Bertz CT molecular complexity index is 724. The van der Waals surface area contributed by atoms with E-state index in [9.17, 15) is 0 Å². The summed E-state index contributed by atoms with van der Waals surface area (Å²) in [7, 11) is 0. The molecule has 0 fully saturated rings.